The standard InChI is InChI=1S/C13H15BrClNO2/c1-9-6-10(2-3-12(9)14)13(17)16-4-5-18-8-11(16)7-15/h2-3,6,11H,4-5,7-8H2,1H3. The number of morpholine rings is 1. The zero-order chi connectivity index (χ0) is 13.1. The van der Waals surface area contributed by atoms with Gasteiger partial charge in [-0.25, -0.2) is 0 Å². The minimum Gasteiger partial charge on any atom is -0.377 e. The van der Waals surface area contributed by atoms with E-state index in [1.807, 2.05) is 25.1 Å². The maximum absolute atomic E-state index is 12.4. The van der Waals surface area contributed by atoms with Crippen LogP contribution >= 0.6 is 27.5 Å². The maximum Gasteiger partial charge on any atom is 0.254 e. The fourth-order valence-electron chi connectivity index (χ4n) is 1.99. The molecule has 98 valence electrons. The van der Waals surface area contributed by atoms with Crippen LogP contribution in [0.15, 0.2) is 22.7 Å². The number of aryl methyl sites for hydroxylation is 1. The molecule has 1 unspecified atom stereocenters. The van der Waals surface area contributed by atoms with Crippen molar-refractivity contribution in [2.75, 3.05) is 25.6 Å². The molecule has 1 aliphatic rings. The Balaban J connectivity index is 2.21. The lowest BCUT2D eigenvalue weighted by Crippen LogP contribution is -2.49. The van der Waals surface area contributed by atoms with Crippen LogP contribution in [0.2, 0.25) is 0 Å². The van der Waals surface area contributed by atoms with E-state index in [2.05, 4.69) is 15.9 Å². The fourth-order valence-corrected chi connectivity index (χ4v) is 2.50. The molecule has 0 saturated carbocycles. The summed E-state index contributed by atoms with van der Waals surface area (Å²) < 4.78 is 6.36. The number of rotatable bonds is 2. The van der Waals surface area contributed by atoms with Gasteiger partial charge in [0.2, 0.25) is 0 Å². The number of hydrogen-bond acceptors (Lipinski definition) is 2. The van der Waals surface area contributed by atoms with Gasteiger partial charge in [-0.15, -0.1) is 11.6 Å². The number of benzene rings is 1. The van der Waals surface area contributed by atoms with E-state index < -0.39 is 0 Å². The Kier molecular flexibility index (Phi) is 4.65. The first kappa shape index (κ1) is 13.8. The Morgan fingerprint density at radius 1 is 1.61 bits per heavy atom. The van der Waals surface area contributed by atoms with Gasteiger partial charge in [0.1, 0.15) is 0 Å². The molecular weight excluding hydrogens is 318 g/mol. The predicted molar refractivity (Wildman–Crippen MR) is 75.2 cm³/mol. The average Bonchev–Trinajstić information content (AvgIpc) is 2.41. The number of carbonyl (C=O) groups excluding carboxylic acids is 1. The highest BCUT2D eigenvalue weighted by molar-refractivity contribution is 9.10. The number of alkyl halides is 1. The van der Waals surface area contributed by atoms with Crippen LogP contribution in [-0.2, 0) is 4.74 Å². The molecule has 5 heteroatoms. The molecular formula is C13H15BrClNO2. The molecule has 3 nitrogen and oxygen atoms in total. The van der Waals surface area contributed by atoms with E-state index in [9.17, 15) is 4.79 Å². The lowest BCUT2D eigenvalue weighted by molar-refractivity contribution is 0.00456. The molecule has 1 aliphatic heterocycles. The molecule has 1 heterocycles. The summed E-state index contributed by atoms with van der Waals surface area (Å²) in [7, 11) is 0. The lowest BCUT2D eigenvalue weighted by Gasteiger charge is -2.34. The summed E-state index contributed by atoms with van der Waals surface area (Å²) in [5, 5.41) is 0. The van der Waals surface area contributed by atoms with Crippen molar-refractivity contribution in [3.05, 3.63) is 33.8 Å². The Bertz CT molecular complexity index is 453. The highest BCUT2D eigenvalue weighted by atomic mass is 79.9. The summed E-state index contributed by atoms with van der Waals surface area (Å²) in [6, 6.07) is 5.60. The Labute approximate surface area is 120 Å². The molecule has 1 aromatic carbocycles. The van der Waals surface area contributed by atoms with Crippen LogP contribution in [0, 0.1) is 6.92 Å². The quantitative estimate of drug-likeness (QED) is 0.780. The van der Waals surface area contributed by atoms with E-state index in [1.165, 1.54) is 0 Å². The largest absolute Gasteiger partial charge is 0.377 e. The molecule has 1 fully saturated rings. The summed E-state index contributed by atoms with van der Waals surface area (Å²) in [5.41, 5.74) is 1.75. The van der Waals surface area contributed by atoms with Gasteiger partial charge < -0.3 is 9.64 Å². The van der Waals surface area contributed by atoms with Gasteiger partial charge in [0.15, 0.2) is 0 Å². The molecule has 2 rings (SSSR count). The molecule has 1 amide bonds. The van der Waals surface area contributed by atoms with Gasteiger partial charge >= 0.3 is 0 Å². The predicted octanol–water partition coefficient (Wildman–Crippen LogP) is 2.84. The van der Waals surface area contributed by atoms with Crippen LogP contribution in [0.4, 0.5) is 0 Å². The van der Waals surface area contributed by atoms with Gasteiger partial charge in [-0.1, -0.05) is 15.9 Å². The molecule has 18 heavy (non-hydrogen) atoms. The van der Waals surface area contributed by atoms with Gasteiger partial charge in [-0.2, -0.15) is 0 Å². The molecule has 0 radical (unpaired) electrons. The van der Waals surface area contributed by atoms with E-state index in [4.69, 9.17) is 16.3 Å². The SMILES string of the molecule is Cc1cc(C(=O)N2CCOCC2CCl)ccc1Br. The highest BCUT2D eigenvalue weighted by Gasteiger charge is 2.27. The number of halogens is 2. The zero-order valence-corrected chi connectivity index (χ0v) is 12.5. The zero-order valence-electron chi connectivity index (χ0n) is 10.2. The first-order valence-electron chi connectivity index (χ1n) is 5.84. The lowest BCUT2D eigenvalue weighted by atomic mass is 10.1. The van der Waals surface area contributed by atoms with Crippen molar-refractivity contribution in [2.45, 2.75) is 13.0 Å². The van der Waals surface area contributed by atoms with E-state index in [1.54, 1.807) is 4.90 Å². The van der Waals surface area contributed by atoms with Gasteiger partial charge in [0, 0.05) is 22.5 Å². The van der Waals surface area contributed by atoms with Crippen molar-refractivity contribution in [1.29, 1.82) is 0 Å². The monoisotopic (exact) mass is 331 g/mol. The van der Waals surface area contributed by atoms with Gasteiger partial charge in [-0.05, 0) is 30.7 Å². The van der Waals surface area contributed by atoms with Crippen LogP contribution in [-0.4, -0.2) is 42.5 Å². The third-order valence-corrected chi connectivity index (χ3v) is 4.32. The summed E-state index contributed by atoms with van der Waals surface area (Å²) in [4.78, 5) is 14.2. The van der Waals surface area contributed by atoms with E-state index in [0.29, 0.717) is 31.2 Å². The number of amides is 1. The van der Waals surface area contributed by atoms with Crippen molar-refractivity contribution < 1.29 is 9.53 Å². The van der Waals surface area contributed by atoms with Crippen LogP contribution < -0.4 is 0 Å². The van der Waals surface area contributed by atoms with Crippen molar-refractivity contribution in [2.24, 2.45) is 0 Å². The number of nitrogens with zero attached hydrogens (tertiary/aromatic N) is 1. The topological polar surface area (TPSA) is 29.5 Å². The molecule has 0 N–H and O–H groups in total. The normalized spacial score (nSPS) is 19.9. The number of ether oxygens (including phenoxy) is 1. The minimum absolute atomic E-state index is 0.0274. The minimum atomic E-state index is -0.0307. The summed E-state index contributed by atoms with van der Waals surface area (Å²) in [6.45, 7) is 3.67. The first-order valence-corrected chi connectivity index (χ1v) is 7.17. The Hall–Kier alpha value is -0.580. The fraction of sp³-hybridized carbons (Fsp3) is 0.462. The number of hydrogen-bond donors (Lipinski definition) is 0. The molecule has 1 saturated heterocycles. The Morgan fingerprint density at radius 3 is 3.06 bits per heavy atom. The van der Waals surface area contributed by atoms with Crippen molar-refractivity contribution >= 4 is 33.4 Å². The van der Waals surface area contributed by atoms with Crippen LogP contribution in [0.3, 0.4) is 0 Å². The maximum atomic E-state index is 12.4. The molecule has 0 aliphatic carbocycles. The van der Waals surface area contributed by atoms with Gasteiger partial charge in [0.05, 0.1) is 19.3 Å². The third kappa shape index (κ3) is 2.87. The first-order chi connectivity index (χ1) is 8.63. The van der Waals surface area contributed by atoms with Crippen LogP contribution in [0.5, 0.6) is 0 Å². The number of carbonyl (C=O) groups is 1. The Morgan fingerprint density at radius 2 is 2.39 bits per heavy atom. The van der Waals surface area contributed by atoms with E-state index >= 15 is 0 Å². The van der Waals surface area contributed by atoms with Crippen molar-refractivity contribution in [3.8, 4) is 0 Å². The van der Waals surface area contributed by atoms with Gasteiger partial charge in [0.25, 0.3) is 5.91 Å². The molecule has 1 aromatic rings. The molecule has 0 aromatic heterocycles. The molecule has 0 bridgehead atoms. The van der Waals surface area contributed by atoms with Crippen LogP contribution in [0.1, 0.15) is 15.9 Å². The van der Waals surface area contributed by atoms with E-state index in [0.717, 1.165) is 10.0 Å². The highest BCUT2D eigenvalue weighted by Crippen LogP contribution is 2.20. The summed E-state index contributed by atoms with van der Waals surface area (Å²) in [6.07, 6.45) is 0. The second-order valence-electron chi connectivity index (χ2n) is 4.35. The van der Waals surface area contributed by atoms with E-state index in [-0.39, 0.29) is 11.9 Å². The van der Waals surface area contributed by atoms with Crippen LogP contribution in [0.25, 0.3) is 0 Å². The molecule has 1 atom stereocenters. The average molecular weight is 333 g/mol. The third-order valence-electron chi connectivity index (χ3n) is 3.07. The summed E-state index contributed by atoms with van der Waals surface area (Å²) in [5.74, 6) is 0.431. The second-order valence-corrected chi connectivity index (χ2v) is 5.51. The second kappa shape index (κ2) is 6.04. The molecule has 0 spiro atoms. The van der Waals surface area contributed by atoms with Gasteiger partial charge in [-0.3, -0.25) is 4.79 Å². The van der Waals surface area contributed by atoms with Crippen molar-refractivity contribution in [3.63, 3.8) is 0 Å². The van der Waals surface area contributed by atoms with Crippen molar-refractivity contribution in [1.82, 2.24) is 4.90 Å². The summed E-state index contributed by atoms with van der Waals surface area (Å²) >= 11 is 9.32. The smallest absolute Gasteiger partial charge is 0.254 e.